The molecule has 6 heteroatoms. The Morgan fingerprint density at radius 2 is 2.28 bits per heavy atom. The molecule has 2 N–H and O–H groups in total. The van der Waals surface area contributed by atoms with Crippen molar-refractivity contribution in [2.75, 3.05) is 23.9 Å². The average Bonchev–Trinajstić information content (AvgIpc) is 2.36. The molecule has 0 spiro atoms. The number of carbonyl (C=O) groups is 1. The van der Waals surface area contributed by atoms with Gasteiger partial charge in [-0.15, -0.1) is 0 Å². The fourth-order valence-corrected chi connectivity index (χ4v) is 2.23. The van der Waals surface area contributed by atoms with Crippen molar-refractivity contribution >= 4 is 35.1 Å². The zero-order valence-electron chi connectivity index (χ0n) is 10.8. The van der Waals surface area contributed by atoms with Crippen molar-refractivity contribution in [2.45, 2.75) is 19.9 Å². The normalized spacial score (nSPS) is 12.0. The zero-order valence-corrected chi connectivity index (χ0v) is 12.4. The van der Waals surface area contributed by atoms with E-state index in [4.69, 9.17) is 11.6 Å². The summed E-state index contributed by atoms with van der Waals surface area (Å²) in [5.41, 5.74) is 0.261. The number of carbonyl (C=O) groups excluding carboxylic acids is 1. The maximum absolute atomic E-state index is 12.0. The van der Waals surface area contributed by atoms with E-state index in [1.165, 1.54) is 0 Å². The molecule has 0 saturated heterocycles. The number of hydrogen-bond acceptors (Lipinski definition) is 4. The third-order valence-corrected chi connectivity index (χ3v) is 3.72. The standard InChI is InChI=1S/C12H18ClN3OS/c1-4-18-7-8(2)15-12(17)11-9(13)5-6-10(14-3)16-11/h5-6,8H,4,7H2,1-3H3,(H,14,16)(H,15,17). The Kier molecular flexibility index (Phi) is 6.29. The van der Waals surface area contributed by atoms with Crippen LogP contribution in [0.3, 0.4) is 0 Å². The smallest absolute Gasteiger partial charge is 0.271 e. The number of hydrogen-bond donors (Lipinski definition) is 2. The fraction of sp³-hybridized carbons (Fsp3) is 0.500. The van der Waals surface area contributed by atoms with Crippen LogP contribution in [-0.4, -0.2) is 35.5 Å². The molecular weight excluding hydrogens is 270 g/mol. The van der Waals surface area contributed by atoms with Crippen LogP contribution >= 0.6 is 23.4 Å². The molecule has 0 aliphatic heterocycles. The Labute approximate surface area is 117 Å². The number of rotatable bonds is 6. The van der Waals surface area contributed by atoms with Gasteiger partial charge in [0.1, 0.15) is 11.5 Å². The van der Waals surface area contributed by atoms with Gasteiger partial charge in [-0.05, 0) is 24.8 Å². The lowest BCUT2D eigenvalue weighted by atomic mass is 10.3. The molecule has 0 aliphatic rings. The molecule has 4 nitrogen and oxygen atoms in total. The highest BCUT2D eigenvalue weighted by Gasteiger charge is 2.15. The summed E-state index contributed by atoms with van der Waals surface area (Å²) in [5.74, 6) is 2.31. The molecule has 0 aliphatic carbocycles. The summed E-state index contributed by atoms with van der Waals surface area (Å²) in [6.07, 6.45) is 0. The van der Waals surface area contributed by atoms with Crippen LogP contribution < -0.4 is 10.6 Å². The molecule has 1 heterocycles. The van der Waals surface area contributed by atoms with Crippen molar-refractivity contribution in [1.29, 1.82) is 0 Å². The first kappa shape index (κ1) is 15.1. The first-order valence-electron chi connectivity index (χ1n) is 5.81. The third-order valence-electron chi connectivity index (χ3n) is 2.27. The molecule has 1 rings (SSSR count). The summed E-state index contributed by atoms with van der Waals surface area (Å²) in [4.78, 5) is 16.2. The molecule has 1 amide bonds. The monoisotopic (exact) mass is 287 g/mol. The number of halogens is 1. The van der Waals surface area contributed by atoms with Crippen molar-refractivity contribution < 1.29 is 4.79 Å². The lowest BCUT2D eigenvalue weighted by Crippen LogP contribution is -2.35. The van der Waals surface area contributed by atoms with Gasteiger partial charge in [-0.2, -0.15) is 11.8 Å². The van der Waals surface area contributed by atoms with Gasteiger partial charge in [0, 0.05) is 18.8 Å². The molecule has 1 aromatic heterocycles. The van der Waals surface area contributed by atoms with Gasteiger partial charge >= 0.3 is 0 Å². The van der Waals surface area contributed by atoms with Crippen LogP contribution in [0.1, 0.15) is 24.3 Å². The number of thioether (sulfide) groups is 1. The Hall–Kier alpha value is -0.940. The minimum atomic E-state index is -0.235. The van der Waals surface area contributed by atoms with E-state index in [1.807, 2.05) is 6.92 Å². The van der Waals surface area contributed by atoms with Gasteiger partial charge < -0.3 is 10.6 Å². The molecule has 0 saturated carbocycles. The van der Waals surface area contributed by atoms with Crippen LogP contribution in [0.5, 0.6) is 0 Å². The number of anilines is 1. The van der Waals surface area contributed by atoms with Gasteiger partial charge in [0.15, 0.2) is 0 Å². The van der Waals surface area contributed by atoms with Crippen LogP contribution in [0.2, 0.25) is 5.02 Å². The molecule has 18 heavy (non-hydrogen) atoms. The summed E-state index contributed by atoms with van der Waals surface area (Å²) in [5, 5.41) is 6.13. The lowest BCUT2D eigenvalue weighted by molar-refractivity contribution is 0.0939. The SMILES string of the molecule is CCSCC(C)NC(=O)c1nc(NC)ccc1Cl. The van der Waals surface area contributed by atoms with Crippen LogP contribution in [0, 0.1) is 0 Å². The number of aromatic nitrogens is 1. The highest BCUT2D eigenvalue weighted by Crippen LogP contribution is 2.16. The maximum Gasteiger partial charge on any atom is 0.271 e. The van der Waals surface area contributed by atoms with Crippen molar-refractivity contribution in [3.05, 3.63) is 22.8 Å². The zero-order chi connectivity index (χ0) is 13.5. The van der Waals surface area contributed by atoms with E-state index in [0.29, 0.717) is 10.8 Å². The fourth-order valence-electron chi connectivity index (χ4n) is 1.37. The summed E-state index contributed by atoms with van der Waals surface area (Å²) in [6, 6.07) is 3.49. The minimum Gasteiger partial charge on any atom is -0.373 e. The molecule has 0 radical (unpaired) electrons. The van der Waals surface area contributed by atoms with Crippen LogP contribution in [0.4, 0.5) is 5.82 Å². The Bertz CT molecular complexity index is 414. The Balaban J connectivity index is 2.71. The number of nitrogens with one attached hydrogen (secondary N) is 2. The van der Waals surface area contributed by atoms with Crippen molar-refractivity contribution in [2.24, 2.45) is 0 Å². The van der Waals surface area contributed by atoms with E-state index in [-0.39, 0.29) is 17.6 Å². The molecule has 0 bridgehead atoms. The quantitative estimate of drug-likeness (QED) is 0.845. The second-order valence-corrected chi connectivity index (χ2v) is 5.54. The predicted molar refractivity (Wildman–Crippen MR) is 78.7 cm³/mol. The molecule has 0 aromatic carbocycles. The number of pyridine rings is 1. The van der Waals surface area contributed by atoms with Gasteiger partial charge in [0.05, 0.1) is 5.02 Å². The molecule has 1 atom stereocenters. The molecule has 1 aromatic rings. The van der Waals surface area contributed by atoms with Gasteiger partial charge in [-0.25, -0.2) is 4.98 Å². The molecule has 1 unspecified atom stereocenters. The Morgan fingerprint density at radius 3 is 2.89 bits per heavy atom. The summed E-state index contributed by atoms with van der Waals surface area (Å²) in [6.45, 7) is 4.06. The van der Waals surface area contributed by atoms with Gasteiger partial charge in [-0.1, -0.05) is 18.5 Å². The summed E-state index contributed by atoms with van der Waals surface area (Å²) >= 11 is 7.76. The van der Waals surface area contributed by atoms with E-state index in [9.17, 15) is 4.79 Å². The van der Waals surface area contributed by atoms with Gasteiger partial charge in [0.25, 0.3) is 5.91 Å². The molecule has 100 valence electrons. The van der Waals surface area contributed by atoms with Crippen molar-refractivity contribution in [1.82, 2.24) is 10.3 Å². The average molecular weight is 288 g/mol. The van der Waals surface area contributed by atoms with Gasteiger partial charge in [0.2, 0.25) is 0 Å². The largest absolute Gasteiger partial charge is 0.373 e. The Morgan fingerprint density at radius 1 is 1.56 bits per heavy atom. The second-order valence-electron chi connectivity index (χ2n) is 3.81. The highest BCUT2D eigenvalue weighted by atomic mass is 35.5. The van der Waals surface area contributed by atoms with E-state index in [2.05, 4.69) is 22.5 Å². The van der Waals surface area contributed by atoms with E-state index < -0.39 is 0 Å². The van der Waals surface area contributed by atoms with Crippen LogP contribution in [0.15, 0.2) is 12.1 Å². The van der Waals surface area contributed by atoms with E-state index >= 15 is 0 Å². The molecule has 0 fully saturated rings. The topological polar surface area (TPSA) is 54.0 Å². The van der Waals surface area contributed by atoms with Crippen molar-refractivity contribution in [3.63, 3.8) is 0 Å². The number of nitrogens with zero attached hydrogens (tertiary/aromatic N) is 1. The summed E-state index contributed by atoms with van der Waals surface area (Å²) < 4.78 is 0. The van der Waals surface area contributed by atoms with E-state index in [1.54, 1.807) is 30.9 Å². The van der Waals surface area contributed by atoms with Gasteiger partial charge in [-0.3, -0.25) is 4.79 Å². The first-order valence-corrected chi connectivity index (χ1v) is 7.34. The lowest BCUT2D eigenvalue weighted by Gasteiger charge is -2.13. The number of amides is 1. The first-order chi connectivity index (χ1) is 8.58. The highest BCUT2D eigenvalue weighted by molar-refractivity contribution is 7.99. The van der Waals surface area contributed by atoms with Crippen molar-refractivity contribution in [3.8, 4) is 0 Å². The predicted octanol–water partition coefficient (Wildman–Crippen LogP) is 2.65. The van der Waals surface area contributed by atoms with Crippen LogP contribution in [-0.2, 0) is 0 Å². The minimum absolute atomic E-state index is 0.0959. The van der Waals surface area contributed by atoms with E-state index in [0.717, 1.165) is 11.5 Å². The molecular formula is C12H18ClN3OS. The summed E-state index contributed by atoms with van der Waals surface area (Å²) in [7, 11) is 1.75. The van der Waals surface area contributed by atoms with Crippen LogP contribution in [0.25, 0.3) is 0 Å². The third kappa shape index (κ3) is 4.38. The maximum atomic E-state index is 12.0. The second kappa shape index (κ2) is 7.48.